The molecule has 0 saturated carbocycles. The number of hydrogen-bond donors (Lipinski definition) is 1. The number of carbonyl (C=O) groups is 1. The standard InChI is InChI=1S/C19H19F3N4O2S/c1-3-9-26-17(13-8-10-28-12(13)2)24-25-18(26)29-11-16(27)23-15-7-5-4-6-14(15)19(20,21)22/h4-8,10H,3,9,11H2,1-2H3,(H,23,27). The molecule has 154 valence electrons. The van der Waals surface area contributed by atoms with Gasteiger partial charge in [-0.3, -0.25) is 4.79 Å². The lowest BCUT2D eigenvalue weighted by Gasteiger charge is -2.13. The van der Waals surface area contributed by atoms with Crippen LogP contribution in [0.5, 0.6) is 0 Å². The molecular weight excluding hydrogens is 405 g/mol. The Balaban J connectivity index is 1.73. The second-order valence-corrected chi connectivity index (χ2v) is 7.17. The number of rotatable bonds is 7. The summed E-state index contributed by atoms with van der Waals surface area (Å²) < 4.78 is 46.4. The van der Waals surface area contributed by atoms with Gasteiger partial charge in [-0.1, -0.05) is 30.8 Å². The lowest BCUT2D eigenvalue weighted by Crippen LogP contribution is -2.18. The maximum absolute atomic E-state index is 13.1. The first-order valence-corrected chi connectivity index (χ1v) is 9.86. The predicted octanol–water partition coefficient (Wildman–Crippen LogP) is 5.01. The fourth-order valence-electron chi connectivity index (χ4n) is 2.79. The minimum absolute atomic E-state index is 0.0988. The van der Waals surface area contributed by atoms with Gasteiger partial charge in [0.05, 0.1) is 28.8 Å². The number of anilines is 1. The summed E-state index contributed by atoms with van der Waals surface area (Å²) in [5, 5.41) is 11.2. The van der Waals surface area contributed by atoms with Crippen LogP contribution in [0.25, 0.3) is 11.4 Å². The summed E-state index contributed by atoms with van der Waals surface area (Å²) in [7, 11) is 0. The van der Waals surface area contributed by atoms with E-state index >= 15 is 0 Å². The zero-order chi connectivity index (χ0) is 21.0. The van der Waals surface area contributed by atoms with E-state index in [1.54, 1.807) is 12.3 Å². The van der Waals surface area contributed by atoms with Gasteiger partial charge in [-0.2, -0.15) is 13.2 Å². The maximum Gasteiger partial charge on any atom is 0.418 e. The molecule has 2 aromatic heterocycles. The Morgan fingerprint density at radius 1 is 1.24 bits per heavy atom. The van der Waals surface area contributed by atoms with E-state index in [1.807, 2.05) is 18.4 Å². The first-order valence-electron chi connectivity index (χ1n) is 8.87. The third-order valence-electron chi connectivity index (χ3n) is 4.10. The normalized spacial score (nSPS) is 11.6. The molecule has 1 amide bonds. The maximum atomic E-state index is 13.1. The summed E-state index contributed by atoms with van der Waals surface area (Å²) in [5.41, 5.74) is -0.345. The molecule has 0 saturated heterocycles. The Bertz CT molecular complexity index is 998. The quantitative estimate of drug-likeness (QED) is 0.540. The molecule has 1 N–H and O–H groups in total. The number of aromatic nitrogens is 3. The number of thioether (sulfide) groups is 1. The highest BCUT2D eigenvalue weighted by Gasteiger charge is 2.33. The molecule has 0 radical (unpaired) electrons. The number of halogens is 3. The van der Waals surface area contributed by atoms with Crippen molar-refractivity contribution >= 4 is 23.4 Å². The number of alkyl halides is 3. The largest absolute Gasteiger partial charge is 0.469 e. The number of carbonyl (C=O) groups excluding carboxylic acids is 1. The van der Waals surface area contributed by atoms with E-state index in [2.05, 4.69) is 15.5 Å². The van der Waals surface area contributed by atoms with E-state index in [1.165, 1.54) is 18.2 Å². The van der Waals surface area contributed by atoms with E-state index in [0.717, 1.165) is 29.8 Å². The number of hydrogen-bond acceptors (Lipinski definition) is 5. The molecule has 6 nitrogen and oxygen atoms in total. The molecule has 0 bridgehead atoms. The molecule has 3 rings (SSSR count). The van der Waals surface area contributed by atoms with Crippen LogP contribution < -0.4 is 5.32 Å². The van der Waals surface area contributed by atoms with Crippen LogP contribution in [-0.2, 0) is 17.5 Å². The molecule has 10 heteroatoms. The van der Waals surface area contributed by atoms with E-state index in [0.29, 0.717) is 23.3 Å². The first-order chi connectivity index (χ1) is 13.8. The zero-order valence-electron chi connectivity index (χ0n) is 15.8. The molecule has 0 fully saturated rings. The number of benzene rings is 1. The van der Waals surface area contributed by atoms with Gasteiger partial charge in [-0.05, 0) is 31.5 Å². The zero-order valence-corrected chi connectivity index (χ0v) is 16.6. The molecule has 0 aliphatic carbocycles. The Kier molecular flexibility index (Phi) is 6.31. The molecule has 29 heavy (non-hydrogen) atoms. The van der Waals surface area contributed by atoms with Gasteiger partial charge in [0, 0.05) is 6.54 Å². The average Bonchev–Trinajstić information content (AvgIpc) is 3.25. The lowest BCUT2D eigenvalue weighted by atomic mass is 10.1. The van der Waals surface area contributed by atoms with E-state index in [4.69, 9.17) is 4.42 Å². The SMILES string of the molecule is CCCn1c(SCC(=O)Nc2ccccc2C(F)(F)F)nnc1-c1ccoc1C. The summed E-state index contributed by atoms with van der Waals surface area (Å²) in [4.78, 5) is 12.3. The number of para-hydroxylation sites is 1. The van der Waals surface area contributed by atoms with Crippen LogP contribution in [0.15, 0.2) is 46.2 Å². The van der Waals surface area contributed by atoms with Crippen LogP contribution in [0.1, 0.15) is 24.7 Å². The van der Waals surface area contributed by atoms with Gasteiger partial charge in [0.25, 0.3) is 0 Å². The predicted molar refractivity (Wildman–Crippen MR) is 104 cm³/mol. The van der Waals surface area contributed by atoms with Crippen LogP contribution in [-0.4, -0.2) is 26.4 Å². The monoisotopic (exact) mass is 424 g/mol. The highest BCUT2D eigenvalue weighted by atomic mass is 32.2. The van der Waals surface area contributed by atoms with Crippen LogP contribution in [0.3, 0.4) is 0 Å². The smallest absolute Gasteiger partial charge is 0.418 e. The summed E-state index contributed by atoms with van der Waals surface area (Å²) >= 11 is 1.12. The van der Waals surface area contributed by atoms with Crippen LogP contribution >= 0.6 is 11.8 Å². The van der Waals surface area contributed by atoms with Crippen molar-refractivity contribution in [3.63, 3.8) is 0 Å². The van der Waals surface area contributed by atoms with Gasteiger partial charge in [0.2, 0.25) is 5.91 Å². The minimum atomic E-state index is -4.55. The summed E-state index contributed by atoms with van der Waals surface area (Å²) in [6, 6.07) is 6.67. The molecular formula is C19H19F3N4O2S. The number of nitrogens with zero attached hydrogens (tertiary/aromatic N) is 3. The van der Waals surface area contributed by atoms with Gasteiger partial charge in [-0.15, -0.1) is 10.2 Å². The molecule has 0 unspecified atom stereocenters. The van der Waals surface area contributed by atoms with Crippen LogP contribution in [0, 0.1) is 6.92 Å². The van der Waals surface area contributed by atoms with Crippen molar-refractivity contribution in [3.05, 3.63) is 47.9 Å². The topological polar surface area (TPSA) is 73.0 Å². The minimum Gasteiger partial charge on any atom is -0.469 e. The van der Waals surface area contributed by atoms with Gasteiger partial charge < -0.3 is 14.3 Å². The third kappa shape index (κ3) is 4.81. The van der Waals surface area contributed by atoms with E-state index in [-0.39, 0.29) is 11.4 Å². The second kappa shape index (κ2) is 8.73. The highest BCUT2D eigenvalue weighted by molar-refractivity contribution is 7.99. The van der Waals surface area contributed by atoms with Gasteiger partial charge in [-0.25, -0.2) is 0 Å². The first kappa shape index (κ1) is 21.0. The number of amides is 1. The van der Waals surface area contributed by atoms with Crippen molar-refractivity contribution < 1.29 is 22.4 Å². The average molecular weight is 424 g/mol. The Labute approximate surface area is 169 Å². The number of aryl methyl sites for hydroxylation is 1. The molecule has 3 aromatic rings. The Hall–Kier alpha value is -2.75. The van der Waals surface area contributed by atoms with Crippen LogP contribution in [0.4, 0.5) is 18.9 Å². The molecule has 0 aliphatic rings. The number of furan rings is 1. The van der Waals surface area contributed by atoms with Crippen molar-refractivity contribution in [1.29, 1.82) is 0 Å². The van der Waals surface area contributed by atoms with E-state index in [9.17, 15) is 18.0 Å². The summed E-state index contributed by atoms with van der Waals surface area (Å²) in [6.07, 6.45) is -2.16. The molecule has 2 heterocycles. The molecule has 1 aromatic carbocycles. The van der Waals surface area contributed by atoms with Crippen molar-refractivity contribution in [2.75, 3.05) is 11.1 Å². The van der Waals surface area contributed by atoms with Gasteiger partial charge in [0.1, 0.15) is 5.76 Å². The van der Waals surface area contributed by atoms with Crippen molar-refractivity contribution in [3.8, 4) is 11.4 Å². The highest BCUT2D eigenvalue weighted by Crippen LogP contribution is 2.34. The van der Waals surface area contributed by atoms with Crippen molar-refractivity contribution in [2.24, 2.45) is 0 Å². The lowest BCUT2D eigenvalue weighted by molar-refractivity contribution is -0.137. The summed E-state index contributed by atoms with van der Waals surface area (Å²) in [5.74, 6) is 0.674. The van der Waals surface area contributed by atoms with E-state index < -0.39 is 17.6 Å². The fraction of sp³-hybridized carbons (Fsp3) is 0.316. The van der Waals surface area contributed by atoms with Crippen LogP contribution in [0.2, 0.25) is 0 Å². The van der Waals surface area contributed by atoms with Gasteiger partial charge in [0.15, 0.2) is 11.0 Å². The Morgan fingerprint density at radius 3 is 2.66 bits per heavy atom. The summed E-state index contributed by atoms with van der Waals surface area (Å²) in [6.45, 7) is 4.45. The molecule has 0 spiro atoms. The number of nitrogens with one attached hydrogen (secondary N) is 1. The molecule has 0 aliphatic heterocycles. The van der Waals surface area contributed by atoms with Crippen molar-refractivity contribution in [2.45, 2.75) is 38.1 Å². The van der Waals surface area contributed by atoms with Crippen molar-refractivity contribution in [1.82, 2.24) is 14.8 Å². The van der Waals surface area contributed by atoms with Gasteiger partial charge >= 0.3 is 6.18 Å². The fourth-order valence-corrected chi connectivity index (χ4v) is 3.56. The third-order valence-corrected chi connectivity index (χ3v) is 5.07. The Morgan fingerprint density at radius 2 is 2.00 bits per heavy atom. The molecule has 0 atom stereocenters. The second-order valence-electron chi connectivity index (χ2n) is 6.23.